The average molecular weight is 262 g/mol. The molecule has 0 aliphatic heterocycles. The van der Waals surface area contributed by atoms with E-state index >= 15 is 0 Å². The molecule has 0 aromatic heterocycles. The summed E-state index contributed by atoms with van der Waals surface area (Å²) in [4.78, 5) is 11.9. The molecule has 0 saturated carbocycles. The number of nitrogen functional groups attached to an aromatic ring is 1. The Kier molecular flexibility index (Phi) is 3.46. The molecule has 0 unspecified atom stereocenters. The molecule has 1 amide bonds. The average Bonchev–Trinajstić information content (AvgIpc) is 2.33. The molecule has 0 saturated heterocycles. The van der Waals surface area contributed by atoms with Crippen LogP contribution in [0.1, 0.15) is 15.9 Å². The first kappa shape index (κ1) is 13.0. The van der Waals surface area contributed by atoms with Crippen LogP contribution in [0.4, 0.5) is 20.2 Å². The molecule has 2 rings (SSSR count). The lowest BCUT2D eigenvalue weighted by Crippen LogP contribution is -2.13. The minimum Gasteiger partial charge on any atom is -0.398 e. The Morgan fingerprint density at radius 3 is 2.42 bits per heavy atom. The van der Waals surface area contributed by atoms with Gasteiger partial charge in [-0.15, -0.1) is 0 Å². The van der Waals surface area contributed by atoms with Crippen LogP contribution in [-0.2, 0) is 0 Å². The van der Waals surface area contributed by atoms with Gasteiger partial charge in [-0.25, -0.2) is 8.78 Å². The summed E-state index contributed by atoms with van der Waals surface area (Å²) < 4.78 is 26.1. The molecule has 19 heavy (non-hydrogen) atoms. The van der Waals surface area contributed by atoms with Gasteiger partial charge in [-0.1, -0.05) is 6.07 Å². The van der Waals surface area contributed by atoms with E-state index in [1.165, 1.54) is 0 Å². The molecular formula is C14H12F2N2O. The van der Waals surface area contributed by atoms with E-state index in [9.17, 15) is 13.6 Å². The monoisotopic (exact) mass is 262 g/mol. The highest BCUT2D eigenvalue weighted by molar-refractivity contribution is 6.04. The summed E-state index contributed by atoms with van der Waals surface area (Å²) in [6, 6.07) is 7.71. The van der Waals surface area contributed by atoms with Crippen molar-refractivity contribution in [2.24, 2.45) is 0 Å². The molecule has 0 aliphatic carbocycles. The molecule has 0 fully saturated rings. The molecule has 0 radical (unpaired) electrons. The lowest BCUT2D eigenvalue weighted by Gasteiger charge is -2.10. The van der Waals surface area contributed by atoms with Crippen LogP contribution in [0.25, 0.3) is 0 Å². The molecular weight excluding hydrogens is 250 g/mol. The number of hydrogen-bond donors (Lipinski definition) is 2. The van der Waals surface area contributed by atoms with Crippen molar-refractivity contribution in [3.05, 3.63) is 59.2 Å². The fourth-order valence-electron chi connectivity index (χ4n) is 1.67. The number of carbonyl (C=O) groups is 1. The van der Waals surface area contributed by atoms with Gasteiger partial charge in [0.25, 0.3) is 5.91 Å². The second-order valence-corrected chi connectivity index (χ2v) is 4.13. The summed E-state index contributed by atoms with van der Waals surface area (Å²) in [7, 11) is 0. The Bertz CT molecular complexity index is 621. The zero-order valence-corrected chi connectivity index (χ0v) is 10.2. The van der Waals surface area contributed by atoms with E-state index in [1.807, 2.05) is 0 Å². The lowest BCUT2D eigenvalue weighted by molar-refractivity contribution is 0.102. The van der Waals surface area contributed by atoms with Crippen molar-refractivity contribution in [3.8, 4) is 0 Å². The van der Waals surface area contributed by atoms with Crippen LogP contribution in [0, 0.1) is 18.6 Å². The number of nitrogens with one attached hydrogen (secondary N) is 1. The number of carbonyl (C=O) groups excluding carboxylic acids is 1. The maximum Gasteiger partial charge on any atom is 0.255 e. The fourth-order valence-corrected chi connectivity index (χ4v) is 1.67. The summed E-state index contributed by atoms with van der Waals surface area (Å²) in [6.07, 6.45) is 0. The van der Waals surface area contributed by atoms with Crippen LogP contribution in [0.5, 0.6) is 0 Å². The van der Waals surface area contributed by atoms with Crippen LogP contribution in [0.3, 0.4) is 0 Å². The summed E-state index contributed by atoms with van der Waals surface area (Å²) in [5.41, 5.74) is 7.37. The highest BCUT2D eigenvalue weighted by atomic mass is 19.1. The second-order valence-electron chi connectivity index (χ2n) is 4.13. The first-order valence-electron chi connectivity index (χ1n) is 5.60. The lowest BCUT2D eigenvalue weighted by atomic mass is 10.1. The predicted molar refractivity (Wildman–Crippen MR) is 69.9 cm³/mol. The Labute approximate surface area is 109 Å². The molecule has 98 valence electrons. The van der Waals surface area contributed by atoms with Gasteiger partial charge >= 0.3 is 0 Å². The molecule has 5 heteroatoms. The molecule has 2 aromatic rings. The van der Waals surface area contributed by atoms with Gasteiger partial charge in [0.1, 0.15) is 11.6 Å². The maximum absolute atomic E-state index is 13.0. The fraction of sp³-hybridized carbons (Fsp3) is 0.0714. The van der Waals surface area contributed by atoms with Crippen molar-refractivity contribution in [2.45, 2.75) is 6.92 Å². The van der Waals surface area contributed by atoms with Crippen LogP contribution >= 0.6 is 0 Å². The van der Waals surface area contributed by atoms with E-state index in [1.54, 1.807) is 25.1 Å². The minimum absolute atomic E-state index is 0.0840. The SMILES string of the molecule is Cc1c(N)cccc1NC(=O)c1cc(F)cc(F)c1. The highest BCUT2D eigenvalue weighted by Gasteiger charge is 2.11. The summed E-state index contributed by atoms with van der Waals surface area (Å²) in [5, 5.41) is 2.57. The standard InChI is InChI=1S/C14H12F2N2O/c1-8-12(17)3-2-4-13(8)18-14(19)9-5-10(15)7-11(16)6-9/h2-7H,17H2,1H3,(H,18,19). The normalized spacial score (nSPS) is 10.3. The summed E-state index contributed by atoms with van der Waals surface area (Å²) in [5.74, 6) is -2.18. The number of benzene rings is 2. The molecule has 0 aliphatic rings. The van der Waals surface area contributed by atoms with E-state index in [2.05, 4.69) is 5.32 Å². The second kappa shape index (κ2) is 5.06. The highest BCUT2D eigenvalue weighted by Crippen LogP contribution is 2.21. The van der Waals surface area contributed by atoms with Crippen molar-refractivity contribution in [1.29, 1.82) is 0 Å². The third-order valence-corrected chi connectivity index (χ3v) is 2.75. The van der Waals surface area contributed by atoms with Gasteiger partial charge in [0, 0.05) is 23.0 Å². The Balaban J connectivity index is 2.28. The zero-order chi connectivity index (χ0) is 14.0. The Morgan fingerprint density at radius 2 is 1.79 bits per heavy atom. The van der Waals surface area contributed by atoms with E-state index in [4.69, 9.17) is 5.73 Å². The molecule has 3 nitrogen and oxygen atoms in total. The number of anilines is 2. The van der Waals surface area contributed by atoms with Gasteiger partial charge in [-0.05, 0) is 36.8 Å². The topological polar surface area (TPSA) is 55.1 Å². The quantitative estimate of drug-likeness (QED) is 0.817. The number of rotatable bonds is 2. The van der Waals surface area contributed by atoms with Gasteiger partial charge in [-0.3, -0.25) is 4.79 Å². The van der Waals surface area contributed by atoms with Crippen molar-refractivity contribution < 1.29 is 13.6 Å². The van der Waals surface area contributed by atoms with Crippen LogP contribution < -0.4 is 11.1 Å². The van der Waals surface area contributed by atoms with Gasteiger partial charge in [0.05, 0.1) is 0 Å². The third-order valence-electron chi connectivity index (χ3n) is 2.75. The number of halogens is 2. The van der Waals surface area contributed by atoms with Crippen molar-refractivity contribution in [3.63, 3.8) is 0 Å². The van der Waals surface area contributed by atoms with Crippen molar-refractivity contribution in [1.82, 2.24) is 0 Å². The largest absolute Gasteiger partial charge is 0.398 e. The number of nitrogens with two attached hydrogens (primary N) is 1. The van der Waals surface area contributed by atoms with Crippen molar-refractivity contribution >= 4 is 17.3 Å². The van der Waals surface area contributed by atoms with Gasteiger partial charge < -0.3 is 11.1 Å². The van der Waals surface area contributed by atoms with E-state index in [-0.39, 0.29) is 5.56 Å². The van der Waals surface area contributed by atoms with Crippen molar-refractivity contribution in [2.75, 3.05) is 11.1 Å². The molecule has 0 atom stereocenters. The minimum atomic E-state index is -0.797. The smallest absolute Gasteiger partial charge is 0.255 e. The zero-order valence-electron chi connectivity index (χ0n) is 10.2. The predicted octanol–water partition coefficient (Wildman–Crippen LogP) is 3.11. The molecule has 0 heterocycles. The van der Waals surface area contributed by atoms with Crippen LogP contribution in [0.15, 0.2) is 36.4 Å². The van der Waals surface area contributed by atoms with Gasteiger partial charge in [0.2, 0.25) is 0 Å². The number of hydrogen-bond acceptors (Lipinski definition) is 2. The molecule has 0 bridgehead atoms. The van der Waals surface area contributed by atoms with E-state index in [0.29, 0.717) is 23.0 Å². The van der Waals surface area contributed by atoms with E-state index < -0.39 is 17.5 Å². The first-order valence-corrected chi connectivity index (χ1v) is 5.60. The van der Waals surface area contributed by atoms with Gasteiger partial charge in [-0.2, -0.15) is 0 Å². The number of amides is 1. The molecule has 3 N–H and O–H groups in total. The Morgan fingerprint density at radius 1 is 1.16 bits per heavy atom. The van der Waals surface area contributed by atoms with Gasteiger partial charge in [0.15, 0.2) is 0 Å². The third kappa shape index (κ3) is 2.88. The molecule has 0 spiro atoms. The maximum atomic E-state index is 13.0. The Hall–Kier alpha value is -2.43. The van der Waals surface area contributed by atoms with Crippen LogP contribution in [0.2, 0.25) is 0 Å². The summed E-state index contributed by atoms with van der Waals surface area (Å²) >= 11 is 0. The summed E-state index contributed by atoms with van der Waals surface area (Å²) in [6.45, 7) is 1.75. The van der Waals surface area contributed by atoms with E-state index in [0.717, 1.165) is 12.1 Å². The first-order chi connectivity index (χ1) is 8.97. The van der Waals surface area contributed by atoms with Crippen LogP contribution in [-0.4, -0.2) is 5.91 Å². The molecule has 2 aromatic carbocycles.